The fourth-order valence-electron chi connectivity index (χ4n) is 2.29. The van der Waals surface area contributed by atoms with Gasteiger partial charge in [-0.1, -0.05) is 42.5 Å². The van der Waals surface area contributed by atoms with Crippen molar-refractivity contribution in [1.29, 1.82) is 5.26 Å². The maximum absolute atomic E-state index is 14.0. The predicted octanol–water partition coefficient (Wildman–Crippen LogP) is 2.21. The van der Waals surface area contributed by atoms with Crippen molar-refractivity contribution in [2.75, 3.05) is 6.54 Å². The number of hydrogen-bond donors (Lipinski definition) is 3. The average Bonchev–Trinajstić information content (AvgIpc) is 2.65. The number of aliphatic hydroxyl groups excluding tert-OH is 2. The molecule has 26 heavy (non-hydrogen) atoms. The first-order chi connectivity index (χ1) is 12.5. The Kier molecular flexibility index (Phi) is 7.09. The van der Waals surface area contributed by atoms with E-state index < -0.39 is 24.1 Å². The molecule has 3 N–H and O–H groups in total. The van der Waals surface area contributed by atoms with E-state index in [9.17, 15) is 19.4 Å². The molecule has 1 amide bonds. The average molecular weight is 358 g/mol. The van der Waals surface area contributed by atoms with Gasteiger partial charge in [0.15, 0.2) is 0 Å². The highest BCUT2D eigenvalue weighted by molar-refractivity contribution is 5.67. The van der Waals surface area contributed by atoms with Gasteiger partial charge in [-0.25, -0.2) is 9.18 Å². The normalized spacial score (nSPS) is 12.7. The molecular weight excluding hydrogens is 339 g/mol. The molecule has 2 atom stereocenters. The van der Waals surface area contributed by atoms with Gasteiger partial charge in [0.05, 0.1) is 12.5 Å². The molecule has 7 heteroatoms. The zero-order valence-corrected chi connectivity index (χ0v) is 13.9. The number of hydrogen-bond acceptors (Lipinski definition) is 5. The number of nitrogens with one attached hydrogen (secondary N) is 1. The second-order valence-electron chi connectivity index (χ2n) is 5.65. The summed E-state index contributed by atoms with van der Waals surface area (Å²) >= 11 is 0. The van der Waals surface area contributed by atoms with Crippen LogP contribution < -0.4 is 5.32 Å². The van der Waals surface area contributed by atoms with E-state index in [1.54, 1.807) is 12.1 Å². The maximum Gasteiger partial charge on any atom is 0.407 e. The second-order valence-corrected chi connectivity index (χ2v) is 5.65. The number of halogens is 1. The van der Waals surface area contributed by atoms with Gasteiger partial charge in [0, 0.05) is 12.1 Å². The van der Waals surface area contributed by atoms with Gasteiger partial charge in [0.1, 0.15) is 24.6 Å². The van der Waals surface area contributed by atoms with Crippen molar-refractivity contribution in [3.63, 3.8) is 0 Å². The number of alkyl carbamates (subject to hydrolysis) is 1. The minimum atomic E-state index is -1.53. The lowest BCUT2D eigenvalue weighted by atomic mass is 10.0. The van der Waals surface area contributed by atoms with Gasteiger partial charge in [-0.3, -0.25) is 0 Å². The molecule has 2 aromatic rings. The van der Waals surface area contributed by atoms with Crippen LogP contribution >= 0.6 is 0 Å². The van der Waals surface area contributed by atoms with E-state index in [-0.39, 0.29) is 25.1 Å². The van der Waals surface area contributed by atoms with Crippen LogP contribution in [-0.2, 0) is 17.8 Å². The Morgan fingerprint density at radius 2 is 1.92 bits per heavy atom. The smallest absolute Gasteiger partial charge is 0.407 e. The van der Waals surface area contributed by atoms with Crippen molar-refractivity contribution in [2.24, 2.45) is 0 Å². The maximum atomic E-state index is 14.0. The summed E-state index contributed by atoms with van der Waals surface area (Å²) in [7, 11) is 0. The van der Waals surface area contributed by atoms with Crippen LogP contribution in [0.25, 0.3) is 0 Å². The molecule has 0 spiro atoms. The Morgan fingerprint density at radius 3 is 2.58 bits per heavy atom. The molecule has 0 saturated carbocycles. The first-order valence-corrected chi connectivity index (χ1v) is 7.97. The summed E-state index contributed by atoms with van der Waals surface area (Å²) in [5.41, 5.74) is 1.17. The highest BCUT2D eigenvalue weighted by Gasteiger charge is 2.22. The summed E-state index contributed by atoms with van der Waals surface area (Å²) in [5, 5.41) is 30.9. The molecule has 2 aromatic carbocycles. The van der Waals surface area contributed by atoms with Crippen LogP contribution in [0.15, 0.2) is 48.5 Å². The van der Waals surface area contributed by atoms with Crippen LogP contribution in [0.5, 0.6) is 0 Å². The van der Waals surface area contributed by atoms with E-state index in [4.69, 9.17) is 10.00 Å². The van der Waals surface area contributed by atoms with Crippen LogP contribution in [0, 0.1) is 17.1 Å². The number of ether oxygens (including phenoxy) is 1. The molecule has 2 unspecified atom stereocenters. The van der Waals surface area contributed by atoms with E-state index in [0.29, 0.717) is 5.56 Å². The summed E-state index contributed by atoms with van der Waals surface area (Å²) in [5.74, 6) is -0.726. The summed E-state index contributed by atoms with van der Waals surface area (Å²) in [4.78, 5) is 11.6. The predicted molar refractivity (Wildman–Crippen MR) is 91.3 cm³/mol. The van der Waals surface area contributed by atoms with E-state index >= 15 is 0 Å². The number of rotatable bonds is 7. The number of nitriles is 1. The summed E-state index contributed by atoms with van der Waals surface area (Å²) in [6.07, 6.45) is -3.66. The molecule has 2 rings (SSSR count). The van der Waals surface area contributed by atoms with Crippen LogP contribution in [-0.4, -0.2) is 29.0 Å². The monoisotopic (exact) mass is 358 g/mol. The summed E-state index contributed by atoms with van der Waals surface area (Å²) < 4.78 is 19.0. The van der Waals surface area contributed by atoms with Gasteiger partial charge in [-0.15, -0.1) is 0 Å². The topological polar surface area (TPSA) is 103 Å². The number of carbonyl (C=O) groups is 1. The standard InChI is InChI=1S/C19H19FN2O4/c20-16-10-13(8-9-21)6-7-15(16)18(24)17(23)11-22-19(25)26-12-14-4-2-1-3-5-14/h1-7,10,17-18,23-24H,8,11-12H2,(H,22,25). The Labute approximate surface area is 150 Å². The molecular formula is C19H19FN2O4. The first-order valence-electron chi connectivity index (χ1n) is 7.97. The zero-order chi connectivity index (χ0) is 18.9. The van der Waals surface area contributed by atoms with Crippen LogP contribution in [0.2, 0.25) is 0 Å². The molecule has 0 radical (unpaired) electrons. The van der Waals surface area contributed by atoms with Gasteiger partial charge < -0.3 is 20.3 Å². The fourth-order valence-corrected chi connectivity index (χ4v) is 2.29. The quantitative estimate of drug-likeness (QED) is 0.704. The van der Waals surface area contributed by atoms with Gasteiger partial charge >= 0.3 is 6.09 Å². The van der Waals surface area contributed by atoms with Crippen LogP contribution in [0.4, 0.5) is 9.18 Å². The lowest BCUT2D eigenvalue weighted by Crippen LogP contribution is -2.36. The van der Waals surface area contributed by atoms with Crippen molar-refractivity contribution >= 4 is 6.09 Å². The Morgan fingerprint density at radius 1 is 1.19 bits per heavy atom. The highest BCUT2D eigenvalue weighted by Crippen LogP contribution is 2.21. The van der Waals surface area contributed by atoms with Crippen molar-refractivity contribution in [3.8, 4) is 6.07 Å². The molecule has 136 valence electrons. The van der Waals surface area contributed by atoms with Crippen molar-refractivity contribution in [1.82, 2.24) is 5.32 Å². The molecule has 6 nitrogen and oxygen atoms in total. The summed E-state index contributed by atoms with van der Waals surface area (Å²) in [6, 6.07) is 14.9. The van der Waals surface area contributed by atoms with Crippen molar-refractivity contribution in [3.05, 3.63) is 71.0 Å². The Hall–Kier alpha value is -2.95. The molecule has 0 aliphatic heterocycles. The molecule has 0 fully saturated rings. The van der Waals surface area contributed by atoms with Gasteiger partial charge in [0.25, 0.3) is 0 Å². The van der Waals surface area contributed by atoms with Gasteiger partial charge in [-0.2, -0.15) is 5.26 Å². The Bertz CT molecular complexity index is 777. The number of benzene rings is 2. The number of carbonyl (C=O) groups excluding carboxylic acids is 1. The lowest BCUT2D eigenvalue weighted by molar-refractivity contribution is 0.0164. The zero-order valence-electron chi connectivity index (χ0n) is 13.9. The third kappa shape index (κ3) is 5.55. The first kappa shape index (κ1) is 19.4. The van der Waals surface area contributed by atoms with Crippen LogP contribution in [0.1, 0.15) is 22.8 Å². The van der Waals surface area contributed by atoms with E-state index in [0.717, 1.165) is 11.6 Å². The third-order valence-corrected chi connectivity index (χ3v) is 3.70. The lowest BCUT2D eigenvalue weighted by Gasteiger charge is -2.19. The van der Waals surface area contributed by atoms with E-state index in [1.165, 1.54) is 12.1 Å². The fraction of sp³-hybridized carbons (Fsp3) is 0.263. The second kappa shape index (κ2) is 9.51. The number of amides is 1. The molecule has 0 heterocycles. The van der Waals surface area contributed by atoms with Crippen molar-refractivity contribution in [2.45, 2.75) is 25.2 Å². The Balaban J connectivity index is 1.84. The molecule has 0 aliphatic rings. The van der Waals surface area contributed by atoms with Crippen LogP contribution in [0.3, 0.4) is 0 Å². The van der Waals surface area contributed by atoms with Crippen molar-refractivity contribution < 1.29 is 24.1 Å². The molecule has 0 saturated heterocycles. The molecule has 0 aromatic heterocycles. The van der Waals surface area contributed by atoms with E-state index in [2.05, 4.69) is 5.32 Å². The molecule has 0 aliphatic carbocycles. The number of nitrogens with zero attached hydrogens (tertiary/aromatic N) is 1. The SMILES string of the molecule is N#CCc1ccc(C(O)C(O)CNC(=O)OCc2ccccc2)c(F)c1. The third-order valence-electron chi connectivity index (χ3n) is 3.70. The summed E-state index contributed by atoms with van der Waals surface area (Å²) in [6.45, 7) is -0.242. The van der Waals surface area contributed by atoms with E-state index in [1.807, 2.05) is 24.3 Å². The number of aliphatic hydroxyl groups is 2. The molecule has 0 bridgehead atoms. The highest BCUT2D eigenvalue weighted by atomic mass is 19.1. The van der Waals surface area contributed by atoms with Gasteiger partial charge in [-0.05, 0) is 17.2 Å². The minimum Gasteiger partial charge on any atom is -0.445 e. The largest absolute Gasteiger partial charge is 0.445 e. The minimum absolute atomic E-state index is 0.0463. The van der Waals surface area contributed by atoms with Gasteiger partial charge in [0.2, 0.25) is 0 Å².